The Labute approximate surface area is 229 Å². The summed E-state index contributed by atoms with van der Waals surface area (Å²) in [6.07, 6.45) is 10.3. The highest BCUT2D eigenvalue weighted by atomic mass is 16.1. The second-order valence-electron chi connectivity index (χ2n) is 10.2. The molecule has 4 heterocycles. The van der Waals surface area contributed by atoms with Crippen molar-refractivity contribution in [3.05, 3.63) is 72.2 Å². The number of carbonyl (C=O) groups is 1. The number of nitrogens with zero attached hydrogens (tertiary/aromatic N) is 6. The van der Waals surface area contributed by atoms with E-state index in [2.05, 4.69) is 60.4 Å². The second kappa shape index (κ2) is 12.3. The third-order valence-corrected chi connectivity index (χ3v) is 7.69. The lowest BCUT2D eigenvalue weighted by atomic mass is 9.93. The van der Waals surface area contributed by atoms with Gasteiger partial charge in [0.05, 0.1) is 16.8 Å². The number of pyridine rings is 1. The zero-order valence-electron chi connectivity index (χ0n) is 22.9. The number of aromatic nitrogens is 5. The Morgan fingerprint density at radius 3 is 2.62 bits per heavy atom. The first kappa shape index (κ1) is 26.6. The van der Waals surface area contributed by atoms with Gasteiger partial charge in [-0.15, -0.1) is 0 Å². The molecular formula is C30H36N8O. The summed E-state index contributed by atoms with van der Waals surface area (Å²) in [4.78, 5) is 37.6. The van der Waals surface area contributed by atoms with Gasteiger partial charge in [0.1, 0.15) is 18.0 Å². The zero-order chi connectivity index (χ0) is 27.2. The van der Waals surface area contributed by atoms with E-state index in [1.165, 1.54) is 25.9 Å². The molecule has 5 rings (SSSR count). The molecule has 1 saturated heterocycles. The molecule has 0 bridgehead atoms. The van der Waals surface area contributed by atoms with Crippen molar-refractivity contribution in [3.8, 4) is 11.3 Å². The van der Waals surface area contributed by atoms with E-state index in [4.69, 9.17) is 0 Å². The quantitative estimate of drug-likeness (QED) is 0.333. The van der Waals surface area contributed by atoms with Crippen molar-refractivity contribution in [3.63, 3.8) is 0 Å². The molecule has 3 aromatic heterocycles. The zero-order valence-corrected chi connectivity index (χ0v) is 22.9. The number of hydrogen-bond donors (Lipinski definition) is 2. The average Bonchev–Trinajstić information content (AvgIpc) is 2.99. The molecule has 0 saturated carbocycles. The minimum absolute atomic E-state index is 0.117. The number of rotatable bonds is 9. The van der Waals surface area contributed by atoms with Crippen LogP contribution in [-0.4, -0.2) is 69.0 Å². The number of amides is 1. The van der Waals surface area contributed by atoms with Gasteiger partial charge in [0, 0.05) is 61.5 Å². The Hall–Kier alpha value is -3.98. The number of carbonyl (C=O) groups excluding carboxylic acids is 1. The largest absolute Gasteiger partial charge is 0.369 e. The molecule has 1 fully saturated rings. The first-order chi connectivity index (χ1) is 19.1. The number of hydrogen-bond acceptors (Lipinski definition) is 8. The van der Waals surface area contributed by atoms with Gasteiger partial charge in [0.25, 0.3) is 5.91 Å². The number of fused-ring (bicyclic) bond motifs is 1. The van der Waals surface area contributed by atoms with Crippen LogP contribution < -0.4 is 10.6 Å². The number of benzene rings is 1. The standard InChI is InChI=1S/C30H36N8O/c1-4-38-12-9-21(10-13-38)14-27-34-17-22(18-35-27)26-15-28(37-19-36-26)33-16-20(2)23-6-5-7-24-25(30(39)31-3)8-11-32-29(23)24/h5-8,11,15,17-21H,4,9-10,12-14,16H2,1-3H3,(H,31,39)(H,33,36,37)/t20-/m1/s1. The number of anilines is 1. The van der Waals surface area contributed by atoms with Crippen LogP contribution in [0.4, 0.5) is 5.82 Å². The van der Waals surface area contributed by atoms with Crippen molar-refractivity contribution in [2.45, 2.75) is 39.0 Å². The first-order valence-corrected chi connectivity index (χ1v) is 13.7. The van der Waals surface area contributed by atoms with Crippen LogP contribution in [0.25, 0.3) is 22.2 Å². The van der Waals surface area contributed by atoms with Crippen LogP contribution in [0.3, 0.4) is 0 Å². The van der Waals surface area contributed by atoms with Gasteiger partial charge in [-0.3, -0.25) is 9.78 Å². The van der Waals surface area contributed by atoms with E-state index in [-0.39, 0.29) is 11.8 Å². The minimum Gasteiger partial charge on any atom is -0.369 e. The summed E-state index contributed by atoms with van der Waals surface area (Å²) >= 11 is 0. The summed E-state index contributed by atoms with van der Waals surface area (Å²) in [5.41, 5.74) is 4.19. The van der Waals surface area contributed by atoms with Crippen molar-refractivity contribution in [2.75, 3.05) is 38.5 Å². The van der Waals surface area contributed by atoms with Crippen LogP contribution in [0.1, 0.15) is 54.4 Å². The Bertz CT molecular complexity index is 1420. The second-order valence-corrected chi connectivity index (χ2v) is 10.2. The van der Waals surface area contributed by atoms with E-state index < -0.39 is 0 Å². The molecule has 2 N–H and O–H groups in total. The van der Waals surface area contributed by atoms with Crippen LogP contribution in [0.5, 0.6) is 0 Å². The van der Waals surface area contributed by atoms with E-state index >= 15 is 0 Å². The van der Waals surface area contributed by atoms with Crippen molar-refractivity contribution in [1.82, 2.24) is 35.1 Å². The average molecular weight is 525 g/mol. The molecule has 0 aliphatic carbocycles. The lowest BCUT2D eigenvalue weighted by Crippen LogP contribution is -2.34. The topological polar surface area (TPSA) is 109 Å². The van der Waals surface area contributed by atoms with E-state index in [1.807, 2.05) is 30.6 Å². The molecule has 1 aliphatic heterocycles. The third kappa shape index (κ3) is 6.20. The predicted octanol–water partition coefficient (Wildman–Crippen LogP) is 4.33. The molecule has 1 aromatic carbocycles. The summed E-state index contributed by atoms with van der Waals surface area (Å²) in [7, 11) is 1.64. The van der Waals surface area contributed by atoms with Gasteiger partial charge in [0.15, 0.2) is 0 Å². The molecule has 9 nitrogen and oxygen atoms in total. The van der Waals surface area contributed by atoms with Gasteiger partial charge in [-0.05, 0) is 50.0 Å². The lowest BCUT2D eigenvalue weighted by Gasteiger charge is -2.30. The fourth-order valence-corrected chi connectivity index (χ4v) is 5.27. The van der Waals surface area contributed by atoms with Gasteiger partial charge in [-0.25, -0.2) is 19.9 Å². The number of likely N-dealkylation sites (tertiary alicyclic amines) is 1. The highest BCUT2D eigenvalue weighted by Gasteiger charge is 2.19. The molecule has 202 valence electrons. The third-order valence-electron chi connectivity index (χ3n) is 7.69. The van der Waals surface area contributed by atoms with Gasteiger partial charge < -0.3 is 15.5 Å². The summed E-state index contributed by atoms with van der Waals surface area (Å²) < 4.78 is 0. The number of para-hydroxylation sites is 1. The van der Waals surface area contributed by atoms with E-state index in [0.717, 1.165) is 52.3 Å². The van der Waals surface area contributed by atoms with Crippen molar-refractivity contribution < 1.29 is 4.79 Å². The smallest absolute Gasteiger partial charge is 0.251 e. The van der Waals surface area contributed by atoms with Crippen molar-refractivity contribution in [1.29, 1.82) is 0 Å². The summed E-state index contributed by atoms with van der Waals surface area (Å²) in [5.74, 6) is 2.30. The summed E-state index contributed by atoms with van der Waals surface area (Å²) in [6, 6.07) is 9.66. The first-order valence-electron chi connectivity index (χ1n) is 13.7. The molecule has 0 radical (unpaired) electrons. The summed E-state index contributed by atoms with van der Waals surface area (Å²) in [6.45, 7) is 8.48. The maximum absolute atomic E-state index is 12.3. The molecule has 1 aliphatic rings. The SMILES string of the molecule is CCN1CCC(Cc2ncc(-c3cc(NC[C@@H](C)c4cccc5c(C(=O)NC)ccnc45)ncn3)cn2)CC1. The van der Waals surface area contributed by atoms with E-state index in [0.29, 0.717) is 18.0 Å². The van der Waals surface area contributed by atoms with E-state index in [9.17, 15) is 4.79 Å². The lowest BCUT2D eigenvalue weighted by molar-refractivity contribution is 0.0964. The molecule has 0 spiro atoms. The van der Waals surface area contributed by atoms with Gasteiger partial charge in [0.2, 0.25) is 0 Å². The fourth-order valence-electron chi connectivity index (χ4n) is 5.27. The monoisotopic (exact) mass is 524 g/mol. The van der Waals surface area contributed by atoms with Crippen molar-refractivity contribution in [2.24, 2.45) is 5.92 Å². The van der Waals surface area contributed by atoms with Crippen LogP contribution in [0.15, 0.2) is 55.2 Å². The Balaban J connectivity index is 1.23. The molecule has 0 unspecified atom stereocenters. The molecular weight excluding hydrogens is 488 g/mol. The number of piperidine rings is 1. The van der Waals surface area contributed by atoms with Crippen LogP contribution >= 0.6 is 0 Å². The Morgan fingerprint density at radius 1 is 1.08 bits per heavy atom. The molecule has 39 heavy (non-hydrogen) atoms. The minimum atomic E-state index is -0.117. The van der Waals surface area contributed by atoms with Crippen molar-refractivity contribution >= 4 is 22.6 Å². The molecule has 1 atom stereocenters. The maximum atomic E-state index is 12.3. The van der Waals surface area contributed by atoms with E-state index in [1.54, 1.807) is 25.6 Å². The van der Waals surface area contributed by atoms with Gasteiger partial charge in [-0.1, -0.05) is 32.0 Å². The highest BCUT2D eigenvalue weighted by Crippen LogP contribution is 2.27. The maximum Gasteiger partial charge on any atom is 0.251 e. The molecule has 1 amide bonds. The Morgan fingerprint density at radius 2 is 1.87 bits per heavy atom. The fraction of sp³-hybridized carbons (Fsp3) is 0.400. The number of nitrogens with one attached hydrogen (secondary N) is 2. The summed E-state index contributed by atoms with van der Waals surface area (Å²) in [5, 5.41) is 6.99. The highest BCUT2D eigenvalue weighted by molar-refractivity contribution is 6.06. The van der Waals surface area contributed by atoms with Crippen LogP contribution in [-0.2, 0) is 6.42 Å². The van der Waals surface area contributed by atoms with Crippen LogP contribution in [0.2, 0.25) is 0 Å². The predicted molar refractivity (Wildman–Crippen MR) is 154 cm³/mol. The van der Waals surface area contributed by atoms with Crippen LogP contribution in [0, 0.1) is 5.92 Å². The van der Waals surface area contributed by atoms with Gasteiger partial charge >= 0.3 is 0 Å². The normalized spacial score (nSPS) is 15.3. The van der Waals surface area contributed by atoms with Gasteiger partial charge in [-0.2, -0.15) is 0 Å². The Kier molecular flexibility index (Phi) is 8.36. The molecule has 4 aromatic rings. The molecule has 9 heteroatoms.